The third kappa shape index (κ3) is 15.9. The molecule has 0 saturated carbocycles. The van der Waals surface area contributed by atoms with Crippen LogP contribution in [0.2, 0.25) is 0 Å². The van der Waals surface area contributed by atoms with Crippen molar-refractivity contribution in [2.24, 2.45) is 0 Å². The second-order valence-corrected chi connectivity index (χ2v) is 12.8. The monoisotopic (exact) mass is 582 g/mol. The molecule has 0 spiro atoms. The average Bonchev–Trinajstić information content (AvgIpc) is 2.90. The normalized spacial score (nSPS) is 11.7. The van der Waals surface area contributed by atoms with Crippen molar-refractivity contribution in [1.29, 1.82) is 0 Å². The minimum atomic E-state index is -4.48. The Bertz CT molecular complexity index is 1000. The van der Waals surface area contributed by atoms with E-state index in [2.05, 4.69) is 32.0 Å². The van der Waals surface area contributed by atoms with Crippen LogP contribution in [0.4, 0.5) is 0 Å². The predicted molar refractivity (Wildman–Crippen MR) is 163 cm³/mol. The number of fused-ring (bicyclic) bond motifs is 1. The number of unbranched alkanes of at least 4 members (excludes halogenated alkanes) is 18. The summed E-state index contributed by atoms with van der Waals surface area (Å²) < 4.78 is 36.0. The van der Waals surface area contributed by atoms with Gasteiger partial charge in [-0.15, -0.1) is 0 Å². The van der Waals surface area contributed by atoms with Gasteiger partial charge in [-0.3, -0.25) is 0 Å². The summed E-state index contributed by atoms with van der Waals surface area (Å²) >= 11 is 0. The third-order valence-electron chi connectivity index (χ3n) is 8.02. The SMILES string of the molecule is CCCCCCCCCCCCc1ccc2c(CCCCCCCCCCCC)c(S(=O)(=O)[O-])ccc2c1.[K+]. The molecule has 39 heavy (non-hydrogen) atoms. The summed E-state index contributed by atoms with van der Waals surface area (Å²) in [6.07, 6.45) is 27.4. The van der Waals surface area contributed by atoms with Gasteiger partial charge in [-0.05, 0) is 53.6 Å². The van der Waals surface area contributed by atoms with E-state index in [9.17, 15) is 13.0 Å². The van der Waals surface area contributed by atoms with E-state index in [1.54, 1.807) is 6.07 Å². The number of rotatable bonds is 23. The molecule has 0 atom stereocenters. The number of aryl methyl sites for hydroxylation is 2. The number of hydrogen-bond donors (Lipinski definition) is 0. The van der Waals surface area contributed by atoms with Crippen LogP contribution < -0.4 is 51.4 Å². The van der Waals surface area contributed by atoms with Crippen molar-refractivity contribution < 1.29 is 64.4 Å². The standard InChI is InChI=1S/C34H56O3S.K/c1-3-5-7-9-11-13-15-17-19-21-23-30-25-27-32-31(29-30)26-28-34(38(35,36)37)33(32)24-22-20-18-16-14-12-10-8-6-4-2;/h25-29H,3-24H2,1-2H3,(H,35,36,37);/q;+1/p-1. The number of benzene rings is 2. The van der Waals surface area contributed by atoms with Gasteiger partial charge in [0, 0.05) is 0 Å². The second-order valence-electron chi connectivity index (χ2n) is 11.4. The van der Waals surface area contributed by atoms with Gasteiger partial charge < -0.3 is 4.55 Å². The average molecular weight is 583 g/mol. The van der Waals surface area contributed by atoms with Crippen LogP contribution in [-0.4, -0.2) is 13.0 Å². The predicted octanol–water partition coefficient (Wildman–Crippen LogP) is 7.67. The van der Waals surface area contributed by atoms with Crippen LogP contribution in [0.3, 0.4) is 0 Å². The summed E-state index contributed by atoms with van der Waals surface area (Å²) in [4.78, 5) is -0.0247. The molecule has 0 radical (unpaired) electrons. The molecule has 0 bridgehead atoms. The van der Waals surface area contributed by atoms with Gasteiger partial charge >= 0.3 is 51.4 Å². The van der Waals surface area contributed by atoms with Crippen molar-refractivity contribution in [2.45, 2.75) is 160 Å². The Labute approximate surface area is 283 Å². The minimum Gasteiger partial charge on any atom is -0.744 e. The summed E-state index contributed by atoms with van der Waals surface area (Å²) in [6, 6.07) is 9.76. The molecular weight excluding hydrogens is 528 g/mol. The fraction of sp³-hybridized carbons (Fsp3) is 0.706. The Hall–Kier alpha value is 0.246. The summed E-state index contributed by atoms with van der Waals surface area (Å²) in [6.45, 7) is 4.51. The Kier molecular flexibility index (Phi) is 21.8. The first-order chi connectivity index (χ1) is 18.5. The number of hydrogen-bond acceptors (Lipinski definition) is 3. The third-order valence-corrected chi connectivity index (χ3v) is 8.94. The van der Waals surface area contributed by atoms with Crippen molar-refractivity contribution in [3.05, 3.63) is 41.5 Å². The van der Waals surface area contributed by atoms with E-state index in [1.807, 2.05) is 6.07 Å². The molecule has 5 heteroatoms. The molecule has 0 amide bonds. The molecule has 0 heterocycles. The van der Waals surface area contributed by atoms with Crippen molar-refractivity contribution in [2.75, 3.05) is 0 Å². The van der Waals surface area contributed by atoms with Crippen LogP contribution in [0.25, 0.3) is 10.8 Å². The van der Waals surface area contributed by atoms with Crippen LogP contribution in [-0.2, 0) is 23.0 Å². The molecule has 3 nitrogen and oxygen atoms in total. The molecule has 0 aliphatic carbocycles. The maximum Gasteiger partial charge on any atom is 1.00 e. The van der Waals surface area contributed by atoms with Crippen LogP contribution in [0.15, 0.2) is 35.2 Å². The van der Waals surface area contributed by atoms with Crippen LogP contribution in [0.1, 0.15) is 153 Å². The molecule has 0 aromatic heterocycles. The molecule has 0 N–H and O–H groups in total. The van der Waals surface area contributed by atoms with E-state index >= 15 is 0 Å². The van der Waals surface area contributed by atoms with Crippen molar-refractivity contribution in [3.8, 4) is 0 Å². The molecule has 2 aromatic rings. The quantitative estimate of drug-likeness (QED) is 0.0767. The molecule has 0 unspecified atom stereocenters. The van der Waals surface area contributed by atoms with Gasteiger partial charge in [0.1, 0.15) is 10.1 Å². The first kappa shape index (κ1) is 37.3. The van der Waals surface area contributed by atoms with Crippen LogP contribution in [0, 0.1) is 0 Å². The Morgan fingerprint density at radius 3 is 1.46 bits per heavy atom. The molecule has 2 rings (SSSR count). The van der Waals surface area contributed by atoms with Crippen molar-refractivity contribution in [3.63, 3.8) is 0 Å². The van der Waals surface area contributed by atoms with Gasteiger partial charge in [-0.1, -0.05) is 154 Å². The summed E-state index contributed by atoms with van der Waals surface area (Å²) in [7, 11) is -4.48. The molecule has 0 saturated heterocycles. The maximum atomic E-state index is 12.0. The van der Waals surface area contributed by atoms with Gasteiger partial charge in [0.05, 0.1) is 4.90 Å². The second kappa shape index (κ2) is 22.8. The Balaban J connectivity index is 0.00000760. The maximum absolute atomic E-state index is 12.0. The summed E-state index contributed by atoms with van der Waals surface area (Å²) in [5.41, 5.74) is 2.03. The molecule has 2 aromatic carbocycles. The van der Waals surface area contributed by atoms with E-state index < -0.39 is 10.1 Å². The summed E-state index contributed by atoms with van der Waals surface area (Å²) in [5, 5.41) is 1.99. The molecular formula is C34H55KO3S. The Morgan fingerprint density at radius 1 is 0.564 bits per heavy atom. The van der Waals surface area contributed by atoms with Gasteiger partial charge in [0.25, 0.3) is 0 Å². The molecule has 0 aliphatic rings. The zero-order valence-corrected chi connectivity index (χ0v) is 29.5. The van der Waals surface area contributed by atoms with Gasteiger partial charge in [0.15, 0.2) is 0 Å². The molecule has 0 fully saturated rings. The van der Waals surface area contributed by atoms with E-state index in [4.69, 9.17) is 0 Å². The van der Waals surface area contributed by atoms with E-state index in [0.29, 0.717) is 6.42 Å². The molecule has 0 aliphatic heterocycles. The van der Waals surface area contributed by atoms with Gasteiger partial charge in [-0.25, -0.2) is 8.42 Å². The van der Waals surface area contributed by atoms with Crippen LogP contribution >= 0.6 is 0 Å². The zero-order chi connectivity index (χ0) is 27.5. The summed E-state index contributed by atoms with van der Waals surface area (Å²) in [5.74, 6) is 0. The van der Waals surface area contributed by atoms with E-state index in [0.717, 1.165) is 35.6 Å². The van der Waals surface area contributed by atoms with Crippen LogP contribution in [0.5, 0.6) is 0 Å². The minimum absolute atomic E-state index is 0. The smallest absolute Gasteiger partial charge is 0.744 e. The van der Waals surface area contributed by atoms with Gasteiger partial charge in [0.2, 0.25) is 0 Å². The topological polar surface area (TPSA) is 57.2 Å². The van der Waals surface area contributed by atoms with E-state index in [-0.39, 0.29) is 56.3 Å². The van der Waals surface area contributed by atoms with Crippen molar-refractivity contribution >= 4 is 20.9 Å². The largest absolute Gasteiger partial charge is 1.00 e. The Morgan fingerprint density at radius 2 is 1.00 bits per heavy atom. The fourth-order valence-electron chi connectivity index (χ4n) is 5.68. The molecule has 216 valence electrons. The van der Waals surface area contributed by atoms with Gasteiger partial charge in [-0.2, -0.15) is 0 Å². The van der Waals surface area contributed by atoms with E-state index in [1.165, 1.54) is 121 Å². The first-order valence-electron chi connectivity index (χ1n) is 16.0. The first-order valence-corrected chi connectivity index (χ1v) is 17.4. The zero-order valence-electron chi connectivity index (χ0n) is 25.6. The van der Waals surface area contributed by atoms with Crippen molar-refractivity contribution in [1.82, 2.24) is 0 Å². The fourth-order valence-corrected chi connectivity index (χ4v) is 6.43.